The summed E-state index contributed by atoms with van der Waals surface area (Å²) >= 11 is 0. The molecule has 1 unspecified atom stereocenters. The summed E-state index contributed by atoms with van der Waals surface area (Å²) in [5, 5.41) is 12.0. The SMILES string of the molecule is CCOC(=O)C(C)(CCOc1ccccc1CCO)NC. The number of aliphatic hydroxyl groups is 1. The third-order valence-electron chi connectivity index (χ3n) is 3.49. The van der Waals surface area contributed by atoms with Gasteiger partial charge in [0, 0.05) is 13.0 Å². The first-order valence-corrected chi connectivity index (χ1v) is 7.25. The van der Waals surface area contributed by atoms with Gasteiger partial charge in [-0.2, -0.15) is 0 Å². The smallest absolute Gasteiger partial charge is 0.326 e. The van der Waals surface area contributed by atoms with Gasteiger partial charge in [0.15, 0.2) is 0 Å². The van der Waals surface area contributed by atoms with E-state index >= 15 is 0 Å². The van der Waals surface area contributed by atoms with Crippen molar-refractivity contribution in [3.63, 3.8) is 0 Å². The van der Waals surface area contributed by atoms with Crippen LogP contribution in [0.25, 0.3) is 0 Å². The monoisotopic (exact) mass is 295 g/mol. The van der Waals surface area contributed by atoms with E-state index in [0.717, 1.165) is 11.3 Å². The minimum absolute atomic E-state index is 0.0808. The zero-order valence-corrected chi connectivity index (χ0v) is 13.0. The molecule has 118 valence electrons. The Morgan fingerprint density at radius 1 is 1.38 bits per heavy atom. The maximum atomic E-state index is 11.9. The fraction of sp³-hybridized carbons (Fsp3) is 0.562. The van der Waals surface area contributed by atoms with Crippen LogP contribution in [0.2, 0.25) is 0 Å². The summed E-state index contributed by atoms with van der Waals surface area (Å²) in [5.74, 6) is 0.466. The van der Waals surface area contributed by atoms with Crippen LogP contribution < -0.4 is 10.1 Å². The molecular weight excluding hydrogens is 270 g/mol. The molecule has 0 aliphatic heterocycles. The Morgan fingerprint density at radius 2 is 2.10 bits per heavy atom. The van der Waals surface area contributed by atoms with Crippen LogP contribution in [0.4, 0.5) is 0 Å². The minimum atomic E-state index is -0.762. The van der Waals surface area contributed by atoms with Gasteiger partial charge in [-0.05, 0) is 38.9 Å². The Labute approximate surface area is 126 Å². The number of likely N-dealkylation sites (N-methyl/N-ethyl adjacent to an activating group) is 1. The first-order chi connectivity index (χ1) is 10.1. The number of esters is 1. The maximum absolute atomic E-state index is 11.9. The summed E-state index contributed by atoms with van der Waals surface area (Å²) in [4.78, 5) is 11.9. The topological polar surface area (TPSA) is 67.8 Å². The Morgan fingerprint density at radius 3 is 2.71 bits per heavy atom. The first-order valence-electron chi connectivity index (χ1n) is 7.25. The van der Waals surface area contributed by atoms with Crippen LogP contribution in [-0.2, 0) is 16.0 Å². The third-order valence-corrected chi connectivity index (χ3v) is 3.49. The molecule has 0 radical (unpaired) electrons. The second kappa shape index (κ2) is 8.64. The van der Waals surface area contributed by atoms with Crippen LogP contribution in [0.15, 0.2) is 24.3 Å². The van der Waals surface area contributed by atoms with Crippen molar-refractivity contribution >= 4 is 5.97 Å². The van der Waals surface area contributed by atoms with E-state index in [-0.39, 0.29) is 12.6 Å². The van der Waals surface area contributed by atoms with Crippen LogP contribution in [0.1, 0.15) is 25.8 Å². The highest BCUT2D eigenvalue weighted by Crippen LogP contribution is 2.20. The molecule has 0 aliphatic carbocycles. The van der Waals surface area contributed by atoms with E-state index in [1.165, 1.54) is 0 Å². The van der Waals surface area contributed by atoms with E-state index in [4.69, 9.17) is 14.6 Å². The molecule has 0 heterocycles. The lowest BCUT2D eigenvalue weighted by atomic mass is 9.99. The average molecular weight is 295 g/mol. The number of hydrogen-bond donors (Lipinski definition) is 2. The molecule has 0 saturated heterocycles. The fourth-order valence-corrected chi connectivity index (χ4v) is 1.96. The van der Waals surface area contributed by atoms with Gasteiger partial charge in [0.05, 0.1) is 13.2 Å². The zero-order valence-electron chi connectivity index (χ0n) is 13.0. The number of carbonyl (C=O) groups excluding carboxylic acids is 1. The number of rotatable bonds is 9. The third kappa shape index (κ3) is 5.02. The molecule has 0 aliphatic rings. The van der Waals surface area contributed by atoms with E-state index in [2.05, 4.69) is 5.32 Å². The summed E-state index contributed by atoms with van der Waals surface area (Å²) in [6.07, 6.45) is 1.05. The lowest BCUT2D eigenvalue weighted by Gasteiger charge is -2.26. The highest BCUT2D eigenvalue weighted by atomic mass is 16.5. The first kappa shape index (κ1) is 17.5. The molecule has 2 N–H and O–H groups in total. The number of nitrogens with one attached hydrogen (secondary N) is 1. The summed E-state index contributed by atoms with van der Waals surface area (Å²) < 4.78 is 10.8. The number of para-hydroxylation sites is 1. The largest absolute Gasteiger partial charge is 0.493 e. The molecule has 0 saturated carbocycles. The number of hydrogen-bond acceptors (Lipinski definition) is 5. The van der Waals surface area contributed by atoms with Gasteiger partial charge in [0.1, 0.15) is 11.3 Å². The molecule has 21 heavy (non-hydrogen) atoms. The number of carbonyl (C=O) groups is 1. The summed E-state index contributed by atoms with van der Waals surface area (Å²) in [6.45, 7) is 4.41. The Hall–Kier alpha value is -1.59. The molecular formula is C16H25NO4. The lowest BCUT2D eigenvalue weighted by Crippen LogP contribution is -2.49. The van der Waals surface area contributed by atoms with Crippen molar-refractivity contribution in [3.05, 3.63) is 29.8 Å². The predicted molar refractivity (Wildman–Crippen MR) is 81.4 cm³/mol. The van der Waals surface area contributed by atoms with Gasteiger partial charge in [-0.15, -0.1) is 0 Å². The number of ether oxygens (including phenoxy) is 2. The molecule has 0 spiro atoms. The van der Waals surface area contributed by atoms with Crippen molar-refractivity contribution in [1.82, 2.24) is 5.32 Å². The molecule has 5 nitrogen and oxygen atoms in total. The second-order valence-electron chi connectivity index (χ2n) is 4.98. The zero-order chi connectivity index (χ0) is 15.7. The molecule has 5 heteroatoms. The van der Waals surface area contributed by atoms with Crippen LogP contribution >= 0.6 is 0 Å². The van der Waals surface area contributed by atoms with E-state index in [9.17, 15) is 4.79 Å². The van der Waals surface area contributed by atoms with E-state index in [1.807, 2.05) is 24.3 Å². The number of benzene rings is 1. The summed E-state index contributed by atoms with van der Waals surface area (Å²) in [5.41, 5.74) is 0.198. The molecule has 0 fully saturated rings. The van der Waals surface area contributed by atoms with E-state index in [1.54, 1.807) is 20.9 Å². The van der Waals surface area contributed by atoms with Crippen molar-refractivity contribution in [3.8, 4) is 5.75 Å². The number of aliphatic hydroxyl groups excluding tert-OH is 1. The molecule has 0 bridgehead atoms. The quantitative estimate of drug-likeness (QED) is 0.676. The molecule has 1 atom stereocenters. The van der Waals surface area contributed by atoms with Crippen molar-refractivity contribution < 1.29 is 19.4 Å². The maximum Gasteiger partial charge on any atom is 0.326 e. The molecule has 1 rings (SSSR count). The average Bonchev–Trinajstić information content (AvgIpc) is 2.49. The summed E-state index contributed by atoms with van der Waals surface area (Å²) in [7, 11) is 1.73. The van der Waals surface area contributed by atoms with Crippen LogP contribution in [0.3, 0.4) is 0 Å². The van der Waals surface area contributed by atoms with Crippen LogP contribution in [0.5, 0.6) is 5.75 Å². The fourth-order valence-electron chi connectivity index (χ4n) is 1.96. The van der Waals surface area contributed by atoms with Crippen LogP contribution in [-0.4, -0.2) is 43.5 Å². The molecule has 1 aromatic carbocycles. The van der Waals surface area contributed by atoms with Crippen molar-refractivity contribution in [1.29, 1.82) is 0 Å². The highest BCUT2D eigenvalue weighted by Gasteiger charge is 2.32. The van der Waals surface area contributed by atoms with Gasteiger partial charge >= 0.3 is 5.97 Å². The van der Waals surface area contributed by atoms with Crippen molar-refractivity contribution in [2.24, 2.45) is 0 Å². The summed E-state index contributed by atoms with van der Waals surface area (Å²) in [6, 6.07) is 7.59. The molecule has 1 aromatic rings. The van der Waals surface area contributed by atoms with Gasteiger partial charge in [0.25, 0.3) is 0 Å². The molecule has 0 amide bonds. The van der Waals surface area contributed by atoms with E-state index < -0.39 is 5.54 Å². The van der Waals surface area contributed by atoms with Crippen molar-refractivity contribution in [2.45, 2.75) is 32.2 Å². The van der Waals surface area contributed by atoms with Gasteiger partial charge in [-0.3, -0.25) is 4.79 Å². The van der Waals surface area contributed by atoms with Gasteiger partial charge < -0.3 is 19.9 Å². The van der Waals surface area contributed by atoms with Gasteiger partial charge in [-0.1, -0.05) is 18.2 Å². The Kier molecular flexibility index (Phi) is 7.19. The normalized spacial score (nSPS) is 13.5. The lowest BCUT2D eigenvalue weighted by molar-refractivity contribution is -0.150. The predicted octanol–water partition coefficient (Wildman–Crippen LogP) is 1.53. The second-order valence-corrected chi connectivity index (χ2v) is 4.98. The van der Waals surface area contributed by atoms with Crippen molar-refractivity contribution in [2.75, 3.05) is 26.9 Å². The Bertz CT molecular complexity index is 450. The van der Waals surface area contributed by atoms with Crippen LogP contribution in [0, 0.1) is 0 Å². The van der Waals surface area contributed by atoms with E-state index in [0.29, 0.717) is 26.1 Å². The standard InChI is InChI=1S/C16H25NO4/c1-4-20-15(19)16(2,17-3)10-12-21-14-8-6-5-7-13(14)9-11-18/h5-8,17-18H,4,9-12H2,1-3H3. The highest BCUT2D eigenvalue weighted by molar-refractivity contribution is 5.80. The minimum Gasteiger partial charge on any atom is -0.493 e. The van der Waals surface area contributed by atoms with Gasteiger partial charge in [0.2, 0.25) is 0 Å². The Balaban J connectivity index is 2.61. The molecule has 0 aromatic heterocycles. The van der Waals surface area contributed by atoms with Gasteiger partial charge in [-0.25, -0.2) is 0 Å².